The predicted molar refractivity (Wildman–Crippen MR) is 48.5 cm³/mol. The molecular weight excluding hydrogens is 243 g/mol. The van der Waals surface area contributed by atoms with Gasteiger partial charge in [-0.1, -0.05) is 22.6 Å². The molecule has 10 heavy (non-hydrogen) atoms. The quantitative estimate of drug-likeness (QED) is 0.567. The Morgan fingerprint density at radius 2 is 2.20 bits per heavy atom. The Labute approximate surface area is 75.1 Å². The highest BCUT2D eigenvalue weighted by molar-refractivity contribution is 14.1. The van der Waals surface area contributed by atoms with Crippen LogP contribution >= 0.6 is 22.6 Å². The lowest BCUT2D eigenvalue weighted by molar-refractivity contribution is -0.0599. The van der Waals surface area contributed by atoms with E-state index in [1.165, 1.54) is 0 Å². The zero-order valence-electron chi connectivity index (χ0n) is 6.30. The lowest BCUT2D eigenvalue weighted by Gasteiger charge is -2.23. The maximum atomic E-state index is 9.51. The summed E-state index contributed by atoms with van der Waals surface area (Å²) < 4.78 is 5.95. The molecule has 3 heteroatoms. The van der Waals surface area contributed by atoms with Crippen molar-refractivity contribution in [2.45, 2.75) is 35.9 Å². The first-order chi connectivity index (χ1) is 4.50. The van der Waals surface area contributed by atoms with Crippen LogP contribution in [0.5, 0.6) is 0 Å². The van der Waals surface area contributed by atoms with Crippen LogP contribution in [-0.4, -0.2) is 27.3 Å². The molecule has 0 bridgehead atoms. The summed E-state index contributed by atoms with van der Waals surface area (Å²) in [4.78, 5) is 0. The SMILES string of the molecule is CC(C)(O)C1CC(I)CO1. The van der Waals surface area contributed by atoms with E-state index in [1.54, 1.807) is 13.8 Å². The summed E-state index contributed by atoms with van der Waals surface area (Å²) in [7, 11) is 0. The molecular formula is C7H13IO2. The van der Waals surface area contributed by atoms with Crippen molar-refractivity contribution in [2.24, 2.45) is 0 Å². The van der Waals surface area contributed by atoms with Gasteiger partial charge in [-0.15, -0.1) is 0 Å². The first kappa shape index (κ1) is 8.74. The molecule has 1 fully saturated rings. The molecule has 1 rings (SSSR count). The summed E-state index contributed by atoms with van der Waals surface area (Å²) in [6.45, 7) is 4.38. The third-order valence-corrected chi connectivity index (χ3v) is 2.60. The Morgan fingerprint density at radius 1 is 1.60 bits per heavy atom. The maximum absolute atomic E-state index is 9.51. The summed E-state index contributed by atoms with van der Waals surface area (Å²) in [5.74, 6) is 0. The third-order valence-electron chi connectivity index (χ3n) is 1.74. The van der Waals surface area contributed by atoms with Gasteiger partial charge in [-0.3, -0.25) is 0 Å². The molecule has 1 aliphatic rings. The van der Waals surface area contributed by atoms with Crippen molar-refractivity contribution < 1.29 is 9.84 Å². The molecule has 60 valence electrons. The van der Waals surface area contributed by atoms with Gasteiger partial charge in [0, 0.05) is 3.92 Å². The van der Waals surface area contributed by atoms with E-state index in [4.69, 9.17) is 4.74 Å². The van der Waals surface area contributed by atoms with Crippen molar-refractivity contribution in [2.75, 3.05) is 6.61 Å². The van der Waals surface area contributed by atoms with Gasteiger partial charge in [0.15, 0.2) is 0 Å². The van der Waals surface area contributed by atoms with E-state index >= 15 is 0 Å². The van der Waals surface area contributed by atoms with Gasteiger partial charge in [0.25, 0.3) is 0 Å². The van der Waals surface area contributed by atoms with Crippen LogP contribution in [-0.2, 0) is 4.74 Å². The van der Waals surface area contributed by atoms with Gasteiger partial charge < -0.3 is 9.84 Å². The molecule has 1 saturated heterocycles. The first-order valence-corrected chi connectivity index (χ1v) is 4.73. The second-order valence-electron chi connectivity index (χ2n) is 3.31. The molecule has 1 N–H and O–H groups in total. The minimum absolute atomic E-state index is 0.0365. The first-order valence-electron chi connectivity index (χ1n) is 3.48. The van der Waals surface area contributed by atoms with Crippen LogP contribution in [0.2, 0.25) is 0 Å². The number of hydrogen-bond donors (Lipinski definition) is 1. The maximum Gasteiger partial charge on any atom is 0.0867 e. The molecule has 0 radical (unpaired) electrons. The summed E-state index contributed by atoms with van der Waals surface area (Å²) >= 11 is 2.35. The van der Waals surface area contributed by atoms with Gasteiger partial charge in [0.05, 0.1) is 18.3 Å². The Kier molecular flexibility index (Phi) is 2.58. The molecule has 0 aliphatic carbocycles. The van der Waals surface area contributed by atoms with Crippen molar-refractivity contribution in [3.05, 3.63) is 0 Å². The number of ether oxygens (including phenoxy) is 1. The molecule has 2 nitrogen and oxygen atoms in total. The third kappa shape index (κ3) is 2.07. The molecule has 2 atom stereocenters. The van der Waals surface area contributed by atoms with Gasteiger partial charge in [-0.25, -0.2) is 0 Å². The van der Waals surface area contributed by atoms with Crippen molar-refractivity contribution in [3.8, 4) is 0 Å². The molecule has 1 aliphatic heterocycles. The van der Waals surface area contributed by atoms with Crippen LogP contribution < -0.4 is 0 Å². The van der Waals surface area contributed by atoms with Gasteiger partial charge in [0.1, 0.15) is 0 Å². The monoisotopic (exact) mass is 256 g/mol. The highest BCUT2D eigenvalue weighted by atomic mass is 127. The summed E-state index contributed by atoms with van der Waals surface area (Å²) in [5, 5.41) is 9.51. The molecule has 0 spiro atoms. The van der Waals surface area contributed by atoms with Gasteiger partial charge in [-0.05, 0) is 20.3 Å². The van der Waals surface area contributed by atoms with Crippen molar-refractivity contribution in [1.82, 2.24) is 0 Å². The zero-order chi connectivity index (χ0) is 7.78. The fourth-order valence-corrected chi connectivity index (χ4v) is 1.75. The summed E-state index contributed by atoms with van der Waals surface area (Å²) in [6, 6.07) is 0. The Hall–Kier alpha value is 0.650. The van der Waals surface area contributed by atoms with E-state index < -0.39 is 5.60 Å². The number of halogens is 1. The summed E-state index contributed by atoms with van der Waals surface area (Å²) in [6.07, 6.45) is 1.01. The number of aliphatic hydroxyl groups is 1. The largest absolute Gasteiger partial charge is 0.388 e. The Bertz CT molecular complexity index is 119. The van der Waals surface area contributed by atoms with Crippen LogP contribution in [0.15, 0.2) is 0 Å². The van der Waals surface area contributed by atoms with Crippen LogP contribution in [0.4, 0.5) is 0 Å². The molecule has 0 saturated carbocycles. The molecule has 2 unspecified atom stereocenters. The van der Waals surface area contributed by atoms with E-state index in [9.17, 15) is 5.11 Å². The van der Waals surface area contributed by atoms with Crippen molar-refractivity contribution in [1.29, 1.82) is 0 Å². The number of rotatable bonds is 1. The topological polar surface area (TPSA) is 29.5 Å². The normalized spacial score (nSPS) is 34.8. The van der Waals surface area contributed by atoms with E-state index in [0.717, 1.165) is 13.0 Å². The van der Waals surface area contributed by atoms with Crippen LogP contribution in [0.1, 0.15) is 20.3 Å². The molecule has 1 heterocycles. The highest BCUT2D eigenvalue weighted by Crippen LogP contribution is 2.27. The van der Waals surface area contributed by atoms with Crippen LogP contribution in [0.25, 0.3) is 0 Å². The predicted octanol–water partition coefficient (Wildman–Crippen LogP) is 1.35. The standard InChI is InChI=1S/C7H13IO2/c1-7(2,9)6-3-5(8)4-10-6/h5-6,9H,3-4H2,1-2H3. The smallest absolute Gasteiger partial charge is 0.0867 e. The molecule has 0 aromatic carbocycles. The lowest BCUT2D eigenvalue weighted by atomic mass is 10.00. The minimum Gasteiger partial charge on any atom is -0.388 e. The lowest BCUT2D eigenvalue weighted by Crippen LogP contribution is -2.35. The van der Waals surface area contributed by atoms with Crippen LogP contribution in [0.3, 0.4) is 0 Å². The fraction of sp³-hybridized carbons (Fsp3) is 1.00. The number of hydrogen-bond acceptors (Lipinski definition) is 2. The van der Waals surface area contributed by atoms with E-state index in [0.29, 0.717) is 3.92 Å². The second-order valence-corrected chi connectivity index (χ2v) is 5.07. The molecule has 0 aromatic rings. The van der Waals surface area contributed by atoms with Gasteiger partial charge in [0.2, 0.25) is 0 Å². The van der Waals surface area contributed by atoms with E-state index in [-0.39, 0.29) is 6.10 Å². The van der Waals surface area contributed by atoms with E-state index in [2.05, 4.69) is 22.6 Å². The van der Waals surface area contributed by atoms with Gasteiger partial charge in [-0.2, -0.15) is 0 Å². The minimum atomic E-state index is -0.667. The summed E-state index contributed by atoms with van der Waals surface area (Å²) in [5.41, 5.74) is -0.667. The number of alkyl halides is 1. The molecule has 0 aromatic heterocycles. The average molecular weight is 256 g/mol. The van der Waals surface area contributed by atoms with E-state index in [1.807, 2.05) is 0 Å². The van der Waals surface area contributed by atoms with Gasteiger partial charge >= 0.3 is 0 Å². The average Bonchev–Trinajstić information content (AvgIpc) is 2.11. The fourth-order valence-electron chi connectivity index (χ4n) is 1.08. The van der Waals surface area contributed by atoms with Crippen molar-refractivity contribution in [3.63, 3.8) is 0 Å². The Balaban J connectivity index is 2.45. The highest BCUT2D eigenvalue weighted by Gasteiger charge is 2.34. The van der Waals surface area contributed by atoms with Crippen LogP contribution in [0, 0.1) is 0 Å². The molecule has 0 amide bonds. The second kappa shape index (κ2) is 2.95. The zero-order valence-corrected chi connectivity index (χ0v) is 8.46. The van der Waals surface area contributed by atoms with Crippen molar-refractivity contribution >= 4 is 22.6 Å². The Morgan fingerprint density at radius 3 is 2.40 bits per heavy atom.